The average molecular weight is 296 g/mol. The summed E-state index contributed by atoms with van der Waals surface area (Å²) in [4.78, 5) is 0. The molecule has 0 spiro atoms. The highest BCUT2D eigenvalue weighted by atomic mass is 35.5. The van der Waals surface area contributed by atoms with Crippen molar-refractivity contribution in [1.29, 1.82) is 0 Å². The lowest BCUT2D eigenvalue weighted by Crippen LogP contribution is -2.09. The van der Waals surface area contributed by atoms with Crippen LogP contribution in [0.5, 0.6) is 11.5 Å². The zero-order chi connectivity index (χ0) is 14.5. The highest BCUT2D eigenvalue weighted by molar-refractivity contribution is 6.32. The third-order valence-electron chi connectivity index (χ3n) is 3.09. The summed E-state index contributed by atoms with van der Waals surface area (Å²) in [6.07, 6.45) is 2.66. The number of anilines is 1. The van der Waals surface area contributed by atoms with Crippen molar-refractivity contribution in [2.24, 2.45) is 7.05 Å². The second-order valence-corrected chi connectivity index (χ2v) is 4.72. The number of nitrogens with zero attached hydrogens (tertiary/aromatic N) is 2. The van der Waals surface area contributed by atoms with Crippen LogP contribution >= 0.6 is 11.6 Å². The van der Waals surface area contributed by atoms with Gasteiger partial charge in [0.2, 0.25) is 0 Å². The monoisotopic (exact) mass is 295 g/mol. The van der Waals surface area contributed by atoms with Crippen LogP contribution < -0.4 is 14.8 Å². The van der Waals surface area contributed by atoms with Crippen molar-refractivity contribution in [2.45, 2.75) is 6.42 Å². The molecule has 1 aromatic carbocycles. The average Bonchev–Trinajstić information content (AvgIpc) is 2.85. The maximum absolute atomic E-state index is 6.07. The summed E-state index contributed by atoms with van der Waals surface area (Å²) in [6, 6.07) is 5.58. The van der Waals surface area contributed by atoms with E-state index in [9.17, 15) is 0 Å². The number of hydrogen-bond donors (Lipinski definition) is 1. The normalized spacial score (nSPS) is 10.4. The lowest BCUT2D eigenvalue weighted by molar-refractivity contribution is 0.404. The van der Waals surface area contributed by atoms with Crippen LogP contribution in [-0.4, -0.2) is 30.5 Å². The summed E-state index contributed by atoms with van der Waals surface area (Å²) in [5, 5.41) is 8.00. The molecule has 0 amide bonds. The number of aryl methyl sites for hydroxylation is 1. The molecule has 1 N–H and O–H groups in total. The third-order valence-corrected chi connectivity index (χ3v) is 3.39. The highest BCUT2D eigenvalue weighted by Crippen LogP contribution is 2.35. The zero-order valence-electron chi connectivity index (χ0n) is 11.8. The van der Waals surface area contributed by atoms with Crippen LogP contribution in [0.4, 0.5) is 5.69 Å². The van der Waals surface area contributed by atoms with Crippen molar-refractivity contribution in [2.75, 3.05) is 26.1 Å². The zero-order valence-corrected chi connectivity index (χ0v) is 12.6. The summed E-state index contributed by atoms with van der Waals surface area (Å²) >= 11 is 6.07. The molecule has 108 valence electrons. The maximum atomic E-state index is 6.07. The largest absolute Gasteiger partial charge is 0.495 e. The Labute approximate surface area is 123 Å². The summed E-state index contributed by atoms with van der Waals surface area (Å²) in [5.41, 5.74) is 2.02. The second-order valence-electron chi connectivity index (χ2n) is 4.31. The fourth-order valence-electron chi connectivity index (χ4n) is 1.97. The van der Waals surface area contributed by atoms with Crippen molar-refractivity contribution in [1.82, 2.24) is 9.78 Å². The Morgan fingerprint density at radius 3 is 2.60 bits per heavy atom. The fraction of sp³-hybridized carbons (Fsp3) is 0.357. The summed E-state index contributed by atoms with van der Waals surface area (Å²) in [5.74, 6) is 1.32. The van der Waals surface area contributed by atoms with E-state index >= 15 is 0 Å². The van der Waals surface area contributed by atoms with Gasteiger partial charge in [-0.15, -0.1) is 0 Å². The van der Waals surface area contributed by atoms with E-state index in [4.69, 9.17) is 21.1 Å². The molecule has 5 nitrogen and oxygen atoms in total. The molecule has 0 aliphatic carbocycles. The fourth-order valence-corrected chi connectivity index (χ4v) is 2.20. The SMILES string of the molecule is COc1cc(NCCc2ccnn2C)c(OC)cc1Cl. The Balaban J connectivity index is 2.06. The molecule has 0 fully saturated rings. The van der Waals surface area contributed by atoms with E-state index in [0.29, 0.717) is 16.5 Å². The first-order valence-corrected chi connectivity index (χ1v) is 6.65. The third kappa shape index (κ3) is 3.17. The van der Waals surface area contributed by atoms with E-state index in [1.807, 2.05) is 23.9 Å². The number of halogens is 1. The van der Waals surface area contributed by atoms with E-state index in [-0.39, 0.29) is 0 Å². The molecular formula is C14H18ClN3O2. The Morgan fingerprint density at radius 2 is 2.00 bits per heavy atom. The van der Waals surface area contributed by atoms with Crippen molar-refractivity contribution in [3.8, 4) is 11.5 Å². The number of rotatable bonds is 6. The lowest BCUT2D eigenvalue weighted by atomic mass is 10.2. The molecule has 0 radical (unpaired) electrons. The van der Waals surface area contributed by atoms with Crippen molar-refractivity contribution >= 4 is 17.3 Å². The molecule has 1 heterocycles. The molecule has 0 aliphatic heterocycles. The summed E-state index contributed by atoms with van der Waals surface area (Å²) in [6.45, 7) is 0.765. The van der Waals surface area contributed by atoms with Crippen LogP contribution in [0.2, 0.25) is 5.02 Å². The molecule has 2 aromatic rings. The van der Waals surface area contributed by atoms with Gasteiger partial charge in [0, 0.05) is 44.0 Å². The number of aromatic nitrogens is 2. The van der Waals surface area contributed by atoms with Gasteiger partial charge < -0.3 is 14.8 Å². The predicted molar refractivity (Wildman–Crippen MR) is 80.0 cm³/mol. The van der Waals surface area contributed by atoms with E-state index in [1.54, 1.807) is 26.5 Å². The van der Waals surface area contributed by atoms with E-state index in [0.717, 1.165) is 24.3 Å². The van der Waals surface area contributed by atoms with Crippen LogP contribution in [-0.2, 0) is 13.5 Å². The topological polar surface area (TPSA) is 48.3 Å². The minimum Gasteiger partial charge on any atom is -0.495 e. The summed E-state index contributed by atoms with van der Waals surface area (Å²) in [7, 11) is 5.14. The number of nitrogens with one attached hydrogen (secondary N) is 1. The van der Waals surface area contributed by atoms with Gasteiger partial charge in [0.05, 0.1) is 24.9 Å². The van der Waals surface area contributed by atoms with Crippen LogP contribution in [0, 0.1) is 0 Å². The second kappa shape index (κ2) is 6.52. The Kier molecular flexibility index (Phi) is 4.74. The van der Waals surface area contributed by atoms with Gasteiger partial charge >= 0.3 is 0 Å². The van der Waals surface area contributed by atoms with Crippen molar-refractivity contribution in [3.63, 3.8) is 0 Å². The van der Waals surface area contributed by atoms with Gasteiger partial charge in [-0.3, -0.25) is 4.68 Å². The summed E-state index contributed by atoms with van der Waals surface area (Å²) < 4.78 is 12.4. The van der Waals surface area contributed by atoms with Gasteiger partial charge in [-0.2, -0.15) is 5.10 Å². The first-order chi connectivity index (χ1) is 9.65. The van der Waals surface area contributed by atoms with Gasteiger partial charge in [-0.05, 0) is 6.07 Å². The Bertz CT molecular complexity index is 584. The minimum atomic E-state index is 0.529. The first-order valence-electron chi connectivity index (χ1n) is 6.28. The van der Waals surface area contributed by atoms with E-state index in [1.165, 1.54) is 0 Å². The number of benzene rings is 1. The van der Waals surface area contributed by atoms with Gasteiger partial charge in [0.25, 0.3) is 0 Å². The highest BCUT2D eigenvalue weighted by Gasteiger charge is 2.09. The Hall–Kier alpha value is -1.88. The molecular weight excluding hydrogens is 278 g/mol. The molecule has 20 heavy (non-hydrogen) atoms. The quantitative estimate of drug-likeness (QED) is 0.890. The smallest absolute Gasteiger partial charge is 0.143 e. The van der Waals surface area contributed by atoms with Gasteiger partial charge in [0.15, 0.2) is 0 Å². The van der Waals surface area contributed by atoms with Crippen LogP contribution in [0.15, 0.2) is 24.4 Å². The molecule has 0 aliphatic rings. The standard InChI is InChI=1S/C14H18ClN3O2/c1-18-10(5-7-17-18)4-6-16-12-9-13(19-2)11(15)8-14(12)20-3/h5,7-9,16H,4,6H2,1-3H3. The molecule has 0 unspecified atom stereocenters. The first kappa shape index (κ1) is 14.5. The molecule has 1 aromatic heterocycles. The molecule has 0 bridgehead atoms. The van der Waals surface area contributed by atoms with Crippen molar-refractivity contribution < 1.29 is 9.47 Å². The molecule has 6 heteroatoms. The number of ether oxygens (including phenoxy) is 2. The minimum absolute atomic E-state index is 0.529. The predicted octanol–water partition coefficient (Wildman–Crippen LogP) is 2.75. The van der Waals surface area contributed by atoms with Gasteiger partial charge in [-0.25, -0.2) is 0 Å². The van der Waals surface area contributed by atoms with Crippen LogP contribution in [0.1, 0.15) is 5.69 Å². The van der Waals surface area contributed by atoms with E-state index < -0.39 is 0 Å². The Morgan fingerprint density at radius 1 is 1.25 bits per heavy atom. The molecule has 0 saturated carbocycles. The van der Waals surface area contributed by atoms with Crippen molar-refractivity contribution in [3.05, 3.63) is 35.1 Å². The molecule has 0 saturated heterocycles. The molecule has 2 rings (SSSR count). The van der Waals surface area contributed by atoms with Crippen LogP contribution in [0.3, 0.4) is 0 Å². The van der Waals surface area contributed by atoms with Gasteiger partial charge in [0.1, 0.15) is 11.5 Å². The van der Waals surface area contributed by atoms with Gasteiger partial charge in [-0.1, -0.05) is 11.6 Å². The lowest BCUT2D eigenvalue weighted by Gasteiger charge is -2.14. The molecule has 0 atom stereocenters. The number of hydrogen-bond acceptors (Lipinski definition) is 4. The maximum Gasteiger partial charge on any atom is 0.143 e. The van der Waals surface area contributed by atoms with E-state index in [2.05, 4.69) is 10.4 Å². The van der Waals surface area contributed by atoms with Crippen LogP contribution in [0.25, 0.3) is 0 Å². The number of methoxy groups -OCH3 is 2.